The molecule has 3 N–H and O–H groups in total. The first-order valence-electron chi connectivity index (χ1n) is 6.29. The molecule has 8 heteroatoms. The Morgan fingerprint density at radius 3 is 2.57 bits per heavy atom. The quantitative estimate of drug-likeness (QED) is 0.845. The van der Waals surface area contributed by atoms with E-state index < -0.39 is 15.8 Å². The minimum absolute atomic E-state index is 0.0789. The van der Waals surface area contributed by atoms with Crippen molar-refractivity contribution in [1.29, 1.82) is 0 Å². The lowest BCUT2D eigenvalue weighted by molar-refractivity contribution is 0.599. The van der Waals surface area contributed by atoms with Crippen LogP contribution in [0.1, 0.15) is 23.1 Å². The van der Waals surface area contributed by atoms with Gasteiger partial charge in [-0.15, -0.1) is 11.3 Å². The molecule has 1 heterocycles. The molecular weight excluding hydrogens is 313 g/mol. The Morgan fingerprint density at radius 2 is 2.05 bits per heavy atom. The van der Waals surface area contributed by atoms with E-state index >= 15 is 0 Å². The summed E-state index contributed by atoms with van der Waals surface area (Å²) in [6.45, 7) is 5.30. The van der Waals surface area contributed by atoms with E-state index in [1.807, 2.05) is 13.8 Å². The van der Waals surface area contributed by atoms with Gasteiger partial charge in [0.25, 0.3) is 10.0 Å². The normalized spacial score (nSPS) is 11.6. The van der Waals surface area contributed by atoms with E-state index in [-0.39, 0.29) is 16.1 Å². The summed E-state index contributed by atoms with van der Waals surface area (Å²) >= 11 is 1.27. The van der Waals surface area contributed by atoms with Crippen LogP contribution < -0.4 is 10.5 Å². The van der Waals surface area contributed by atoms with Crippen LogP contribution in [0.5, 0.6) is 0 Å². The van der Waals surface area contributed by atoms with Crippen molar-refractivity contribution >= 4 is 32.2 Å². The number of nitrogens with one attached hydrogen (secondary N) is 1. The average molecular weight is 329 g/mol. The van der Waals surface area contributed by atoms with E-state index in [0.717, 1.165) is 23.1 Å². The molecule has 1 aromatic carbocycles. The number of hydrogen-bond donors (Lipinski definition) is 2. The monoisotopic (exact) mass is 329 g/mol. The van der Waals surface area contributed by atoms with Gasteiger partial charge in [0.2, 0.25) is 0 Å². The van der Waals surface area contributed by atoms with E-state index in [4.69, 9.17) is 5.73 Å². The van der Waals surface area contributed by atoms with E-state index in [1.165, 1.54) is 24.3 Å². The summed E-state index contributed by atoms with van der Waals surface area (Å²) in [5.41, 5.74) is 6.32. The minimum atomic E-state index is -3.84. The van der Waals surface area contributed by atoms with Crippen molar-refractivity contribution in [3.05, 3.63) is 34.1 Å². The van der Waals surface area contributed by atoms with E-state index in [1.54, 1.807) is 0 Å². The molecule has 0 bridgehead atoms. The van der Waals surface area contributed by atoms with Crippen molar-refractivity contribution in [1.82, 2.24) is 4.98 Å². The second-order valence-corrected chi connectivity index (χ2v) is 7.51. The molecule has 2 aromatic rings. The number of halogens is 1. The molecule has 0 radical (unpaired) electrons. The first-order chi connectivity index (χ1) is 9.74. The third kappa shape index (κ3) is 3.16. The number of aromatic nitrogens is 1. The maximum Gasteiger partial charge on any atom is 0.263 e. The van der Waals surface area contributed by atoms with Gasteiger partial charge in [-0.2, -0.15) is 0 Å². The molecule has 21 heavy (non-hydrogen) atoms. The second kappa shape index (κ2) is 5.61. The number of nitrogens with zero attached hydrogens (tertiary/aromatic N) is 1. The lowest BCUT2D eigenvalue weighted by Crippen LogP contribution is -2.14. The van der Waals surface area contributed by atoms with Gasteiger partial charge >= 0.3 is 0 Å². The van der Waals surface area contributed by atoms with Gasteiger partial charge in [-0.05, 0) is 38.0 Å². The highest BCUT2D eigenvalue weighted by atomic mass is 32.2. The molecule has 0 amide bonds. The fourth-order valence-corrected chi connectivity index (χ4v) is 4.15. The summed E-state index contributed by atoms with van der Waals surface area (Å²) in [5, 5.41) is 0.296. The predicted octanol–water partition coefficient (Wildman–Crippen LogP) is 2.84. The molecule has 0 atom stereocenters. The molecule has 0 saturated heterocycles. The number of aryl methyl sites for hydroxylation is 3. The number of nitrogens with two attached hydrogens (primary N) is 1. The molecule has 0 fully saturated rings. The zero-order valence-corrected chi connectivity index (χ0v) is 13.5. The van der Waals surface area contributed by atoms with Crippen LogP contribution in [0.15, 0.2) is 17.0 Å². The Morgan fingerprint density at radius 1 is 1.38 bits per heavy atom. The highest BCUT2D eigenvalue weighted by Crippen LogP contribution is 2.26. The molecule has 0 saturated carbocycles. The van der Waals surface area contributed by atoms with Gasteiger partial charge in [0, 0.05) is 4.88 Å². The largest absolute Gasteiger partial charge is 0.396 e. The molecular formula is C13H16FN3O2S2. The zero-order chi connectivity index (χ0) is 15.8. The Balaban J connectivity index is 2.38. The van der Waals surface area contributed by atoms with Crippen LogP contribution >= 0.6 is 11.3 Å². The third-order valence-corrected chi connectivity index (χ3v) is 5.39. The Kier molecular flexibility index (Phi) is 4.20. The summed E-state index contributed by atoms with van der Waals surface area (Å²) in [7, 11) is -3.84. The van der Waals surface area contributed by atoms with Gasteiger partial charge in [-0.3, -0.25) is 4.72 Å². The van der Waals surface area contributed by atoms with Crippen LogP contribution in [-0.2, 0) is 16.4 Å². The molecule has 2 rings (SSSR count). The SMILES string of the molecule is CCc1nc(NS(=O)(=O)c2cc(C)c(F)c(N)c2)sc1C. The number of benzene rings is 1. The van der Waals surface area contributed by atoms with Crippen LogP contribution in [0.4, 0.5) is 15.2 Å². The van der Waals surface area contributed by atoms with Gasteiger partial charge in [0.1, 0.15) is 5.82 Å². The van der Waals surface area contributed by atoms with Gasteiger partial charge in [-0.25, -0.2) is 17.8 Å². The van der Waals surface area contributed by atoms with Crippen molar-refractivity contribution in [2.75, 3.05) is 10.5 Å². The molecule has 0 aliphatic heterocycles. The van der Waals surface area contributed by atoms with E-state index in [2.05, 4.69) is 9.71 Å². The van der Waals surface area contributed by atoms with Crippen LogP contribution in [0.3, 0.4) is 0 Å². The number of nitrogen functional groups attached to an aromatic ring is 1. The lowest BCUT2D eigenvalue weighted by Gasteiger charge is -2.08. The third-order valence-electron chi connectivity index (χ3n) is 3.02. The number of hydrogen-bond acceptors (Lipinski definition) is 5. The van der Waals surface area contributed by atoms with Crippen molar-refractivity contribution < 1.29 is 12.8 Å². The highest BCUT2D eigenvalue weighted by molar-refractivity contribution is 7.93. The second-order valence-electron chi connectivity index (χ2n) is 4.62. The number of rotatable bonds is 4. The first-order valence-corrected chi connectivity index (χ1v) is 8.59. The van der Waals surface area contributed by atoms with Gasteiger partial charge < -0.3 is 5.73 Å². The van der Waals surface area contributed by atoms with Crippen molar-refractivity contribution in [3.63, 3.8) is 0 Å². The van der Waals surface area contributed by atoms with Crippen LogP contribution in [0.2, 0.25) is 0 Å². The van der Waals surface area contributed by atoms with Crippen LogP contribution in [-0.4, -0.2) is 13.4 Å². The van der Waals surface area contributed by atoms with Crippen LogP contribution in [0.25, 0.3) is 0 Å². The summed E-state index contributed by atoms with van der Waals surface area (Å²) in [6.07, 6.45) is 0.729. The van der Waals surface area contributed by atoms with E-state index in [9.17, 15) is 12.8 Å². The summed E-state index contributed by atoms with van der Waals surface area (Å²) in [4.78, 5) is 5.11. The first kappa shape index (κ1) is 15.7. The van der Waals surface area contributed by atoms with Crippen molar-refractivity contribution in [3.8, 4) is 0 Å². The average Bonchev–Trinajstić information content (AvgIpc) is 2.74. The molecule has 0 unspecified atom stereocenters. The maximum atomic E-state index is 13.5. The molecule has 114 valence electrons. The van der Waals surface area contributed by atoms with Crippen molar-refractivity contribution in [2.45, 2.75) is 32.1 Å². The van der Waals surface area contributed by atoms with Crippen molar-refractivity contribution in [2.24, 2.45) is 0 Å². The number of thiazole rings is 1. The lowest BCUT2D eigenvalue weighted by atomic mass is 10.2. The Labute approximate surface area is 127 Å². The van der Waals surface area contributed by atoms with E-state index in [0.29, 0.717) is 5.13 Å². The van der Waals surface area contributed by atoms with Gasteiger partial charge in [0.05, 0.1) is 16.3 Å². The smallest absolute Gasteiger partial charge is 0.263 e. The Bertz CT molecular complexity index is 762. The minimum Gasteiger partial charge on any atom is -0.396 e. The van der Waals surface area contributed by atoms with Gasteiger partial charge in [-0.1, -0.05) is 6.92 Å². The summed E-state index contributed by atoms with van der Waals surface area (Å²) in [5.74, 6) is -0.604. The van der Waals surface area contributed by atoms with Crippen LogP contribution in [0, 0.1) is 19.7 Å². The molecule has 1 aromatic heterocycles. The standard InChI is InChI=1S/C13H16FN3O2S2/c1-4-11-8(3)20-13(16-11)17-21(18,19)9-5-7(2)12(14)10(15)6-9/h5-6H,4,15H2,1-3H3,(H,16,17). The molecule has 0 spiro atoms. The fraction of sp³-hybridized carbons (Fsp3) is 0.308. The van der Waals surface area contributed by atoms with Gasteiger partial charge in [0.15, 0.2) is 5.13 Å². The topological polar surface area (TPSA) is 85.1 Å². The highest BCUT2D eigenvalue weighted by Gasteiger charge is 2.19. The fourth-order valence-electron chi connectivity index (χ4n) is 1.89. The number of anilines is 2. The molecule has 0 aliphatic carbocycles. The summed E-state index contributed by atoms with van der Waals surface area (Å²) in [6, 6.07) is 2.35. The zero-order valence-electron chi connectivity index (χ0n) is 11.9. The predicted molar refractivity (Wildman–Crippen MR) is 82.6 cm³/mol. The number of sulfonamides is 1. The summed E-state index contributed by atoms with van der Waals surface area (Å²) < 4.78 is 40.5. The molecule has 0 aliphatic rings. The maximum absolute atomic E-state index is 13.5. The Hall–Kier alpha value is -1.67. The molecule has 5 nitrogen and oxygen atoms in total.